The molecule has 1 aromatic carbocycles. The molecule has 2 rings (SSSR count). The highest BCUT2D eigenvalue weighted by Gasteiger charge is 2.24. The van der Waals surface area contributed by atoms with Gasteiger partial charge in [0.25, 0.3) is 0 Å². The normalized spacial score (nSPS) is 18.9. The lowest BCUT2D eigenvalue weighted by molar-refractivity contribution is 0.485. The fraction of sp³-hybridized carbons (Fsp3) is 0.467. The number of hydrogen-bond acceptors (Lipinski definition) is 0. The lowest BCUT2D eigenvalue weighted by Crippen LogP contribution is -2.17. The van der Waals surface area contributed by atoms with Gasteiger partial charge in [-0.3, -0.25) is 0 Å². The molecule has 1 unspecified atom stereocenters. The van der Waals surface area contributed by atoms with Gasteiger partial charge in [-0.1, -0.05) is 19.4 Å². The predicted octanol–water partition coefficient (Wildman–Crippen LogP) is 4.21. The van der Waals surface area contributed by atoms with Crippen molar-refractivity contribution in [3.8, 4) is 0 Å². The van der Waals surface area contributed by atoms with Gasteiger partial charge in [-0.2, -0.15) is 0 Å². The first kappa shape index (κ1) is 12.3. The summed E-state index contributed by atoms with van der Waals surface area (Å²) in [5, 5.41) is 0. The summed E-state index contributed by atoms with van der Waals surface area (Å²) in [6, 6.07) is 1.38. The van der Waals surface area contributed by atoms with Gasteiger partial charge in [0.05, 0.1) is 0 Å². The highest BCUT2D eigenvalue weighted by molar-refractivity contribution is 5.38. The van der Waals surface area contributed by atoms with Crippen molar-refractivity contribution in [3.05, 3.63) is 47.0 Å². The van der Waals surface area contributed by atoms with Gasteiger partial charge in [-0.25, -0.2) is 8.78 Å². The van der Waals surface area contributed by atoms with E-state index < -0.39 is 0 Å². The molecule has 1 aromatic rings. The van der Waals surface area contributed by atoms with Gasteiger partial charge in [0.2, 0.25) is 0 Å². The first-order valence-corrected chi connectivity index (χ1v) is 6.28. The molecule has 0 aromatic heterocycles. The van der Waals surface area contributed by atoms with Crippen LogP contribution in [0.3, 0.4) is 0 Å². The molecule has 0 spiro atoms. The van der Waals surface area contributed by atoms with Crippen molar-refractivity contribution in [2.45, 2.75) is 39.0 Å². The molecule has 1 atom stereocenters. The molecule has 0 amide bonds. The second-order valence-corrected chi connectivity index (χ2v) is 4.78. The van der Waals surface area contributed by atoms with Crippen LogP contribution in [-0.4, -0.2) is 0 Å². The highest BCUT2D eigenvalue weighted by atomic mass is 19.1. The molecular weight excluding hydrogens is 218 g/mol. The largest absolute Gasteiger partial charge is 0.207 e. The highest BCUT2D eigenvalue weighted by Crippen LogP contribution is 2.32. The summed E-state index contributed by atoms with van der Waals surface area (Å²) in [5.41, 5.74) is 1.70. The van der Waals surface area contributed by atoms with E-state index in [-0.39, 0.29) is 17.6 Å². The van der Waals surface area contributed by atoms with E-state index in [0.29, 0.717) is 36.0 Å². The average molecular weight is 236 g/mol. The number of aryl methyl sites for hydroxylation is 1. The Labute approximate surface area is 101 Å². The molecule has 0 fully saturated rings. The van der Waals surface area contributed by atoms with Gasteiger partial charge in [-0.15, -0.1) is 6.58 Å². The van der Waals surface area contributed by atoms with Crippen molar-refractivity contribution in [3.63, 3.8) is 0 Å². The summed E-state index contributed by atoms with van der Waals surface area (Å²) < 4.78 is 28.1. The van der Waals surface area contributed by atoms with Crippen molar-refractivity contribution >= 4 is 0 Å². The minimum absolute atomic E-state index is 0.175. The number of allylic oxidation sites excluding steroid dienone is 1. The summed E-state index contributed by atoms with van der Waals surface area (Å²) in [7, 11) is 0. The van der Waals surface area contributed by atoms with Gasteiger partial charge in [0.1, 0.15) is 11.6 Å². The molecule has 0 saturated heterocycles. The van der Waals surface area contributed by atoms with Crippen LogP contribution in [0.25, 0.3) is 0 Å². The lowest BCUT2D eigenvalue weighted by Gasteiger charge is -2.24. The first-order chi connectivity index (χ1) is 8.17. The molecule has 0 nitrogen and oxygen atoms in total. The summed E-state index contributed by atoms with van der Waals surface area (Å²) in [4.78, 5) is 0. The molecule has 1 aliphatic rings. The van der Waals surface area contributed by atoms with Crippen LogP contribution >= 0.6 is 0 Å². The number of halogens is 2. The fourth-order valence-corrected chi connectivity index (χ4v) is 2.60. The standard InChI is InChI=1S/C15H18F2/c1-3-5-11-9-14(16)13-8-10(4-2)6-7-12(13)15(11)17/h4,9-10H,2-3,5-8H2,1H3. The van der Waals surface area contributed by atoms with Crippen LogP contribution in [0.5, 0.6) is 0 Å². The summed E-state index contributed by atoms with van der Waals surface area (Å²) in [6.45, 7) is 5.72. The minimum atomic E-state index is -0.239. The quantitative estimate of drug-likeness (QED) is 0.690. The summed E-state index contributed by atoms with van der Waals surface area (Å²) >= 11 is 0. The molecule has 1 aliphatic carbocycles. The molecule has 0 bridgehead atoms. The van der Waals surface area contributed by atoms with E-state index in [4.69, 9.17) is 0 Å². The Morgan fingerprint density at radius 2 is 2.18 bits per heavy atom. The maximum Gasteiger partial charge on any atom is 0.130 e. The molecule has 17 heavy (non-hydrogen) atoms. The topological polar surface area (TPSA) is 0 Å². The van der Waals surface area contributed by atoms with E-state index in [1.54, 1.807) is 0 Å². The van der Waals surface area contributed by atoms with E-state index in [1.165, 1.54) is 6.07 Å². The molecule has 2 heteroatoms. The van der Waals surface area contributed by atoms with Crippen LogP contribution < -0.4 is 0 Å². The maximum absolute atomic E-state index is 14.2. The van der Waals surface area contributed by atoms with Crippen molar-refractivity contribution in [1.82, 2.24) is 0 Å². The van der Waals surface area contributed by atoms with Crippen LogP contribution in [0, 0.1) is 17.6 Å². The maximum atomic E-state index is 14.2. The molecule has 0 radical (unpaired) electrons. The predicted molar refractivity (Wildman–Crippen MR) is 66.1 cm³/mol. The third kappa shape index (κ3) is 2.26. The molecule has 92 valence electrons. The number of hydrogen-bond donors (Lipinski definition) is 0. The monoisotopic (exact) mass is 236 g/mol. The van der Waals surface area contributed by atoms with Crippen LogP contribution in [0.1, 0.15) is 36.5 Å². The van der Waals surface area contributed by atoms with Crippen LogP contribution in [0.15, 0.2) is 18.7 Å². The van der Waals surface area contributed by atoms with Gasteiger partial charge < -0.3 is 0 Å². The SMILES string of the molecule is C=CC1CCc2c(F)c(CCC)cc(F)c2C1. The Hall–Kier alpha value is -1.18. The average Bonchev–Trinajstić information content (AvgIpc) is 2.35. The third-order valence-electron chi connectivity index (χ3n) is 3.58. The van der Waals surface area contributed by atoms with Gasteiger partial charge in [0, 0.05) is 0 Å². The van der Waals surface area contributed by atoms with E-state index in [2.05, 4.69) is 6.58 Å². The zero-order valence-electron chi connectivity index (χ0n) is 10.2. The van der Waals surface area contributed by atoms with Crippen LogP contribution in [-0.2, 0) is 19.3 Å². The Bertz CT molecular complexity index is 435. The lowest BCUT2D eigenvalue weighted by atomic mass is 9.82. The Balaban J connectivity index is 2.44. The number of rotatable bonds is 3. The Morgan fingerprint density at radius 3 is 2.82 bits per heavy atom. The smallest absolute Gasteiger partial charge is 0.130 e. The second kappa shape index (κ2) is 4.99. The van der Waals surface area contributed by atoms with E-state index in [9.17, 15) is 8.78 Å². The Morgan fingerprint density at radius 1 is 1.41 bits per heavy atom. The Kier molecular flexibility index (Phi) is 3.60. The zero-order valence-corrected chi connectivity index (χ0v) is 10.2. The second-order valence-electron chi connectivity index (χ2n) is 4.78. The van der Waals surface area contributed by atoms with Gasteiger partial charge in [0.15, 0.2) is 0 Å². The third-order valence-corrected chi connectivity index (χ3v) is 3.58. The molecule has 0 aliphatic heterocycles. The van der Waals surface area contributed by atoms with Crippen molar-refractivity contribution < 1.29 is 8.78 Å². The van der Waals surface area contributed by atoms with Crippen LogP contribution in [0.2, 0.25) is 0 Å². The number of benzene rings is 1. The van der Waals surface area contributed by atoms with Crippen molar-refractivity contribution in [2.24, 2.45) is 5.92 Å². The molecule has 0 saturated carbocycles. The van der Waals surface area contributed by atoms with Crippen LogP contribution in [0.4, 0.5) is 8.78 Å². The molecular formula is C15H18F2. The zero-order chi connectivity index (χ0) is 12.4. The fourth-order valence-electron chi connectivity index (χ4n) is 2.60. The van der Waals surface area contributed by atoms with Gasteiger partial charge in [-0.05, 0) is 54.4 Å². The summed E-state index contributed by atoms with van der Waals surface area (Å²) in [6.07, 6.45) is 5.40. The first-order valence-electron chi connectivity index (χ1n) is 6.28. The molecule has 0 N–H and O–H groups in total. The van der Waals surface area contributed by atoms with E-state index in [0.717, 1.165) is 12.8 Å². The van der Waals surface area contributed by atoms with E-state index >= 15 is 0 Å². The van der Waals surface area contributed by atoms with Crippen molar-refractivity contribution in [2.75, 3.05) is 0 Å². The number of fused-ring (bicyclic) bond motifs is 1. The van der Waals surface area contributed by atoms with Crippen molar-refractivity contribution in [1.29, 1.82) is 0 Å². The molecule has 0 heterocycles. The van der Waals surface area contributed by atoms with E-state index in [1.807, 2.05) is 13.0 Å². The summed E-state index contributed by atoms with van der Waals surface area (Å²) in [5.74, 6) is -0.129. The minimum Gasteiger partial charge on any atom is -0.207 e. The van der Waals surface area contributed by atoms with Gasteiger partial charge >= 0.3 is 0 Å².